The van der Waals surface area contributed by atoms with E-state index >= 15 is 0 Å². The summed E-state index contributed by atoms with van der Waals surface area (Å²) >= 11 is 1.32. The first kappa shape index (κ1) is 20.1. The minimum absolute atomic E-state index is 0.0980. The maximum Gasteiger partial charge on any atom is 0.317 e. The number of aryl methyl sites for hydroxylation is 2. The average molecular weight is 401 g/mol. The predicted octanol–water partition coefficient (Wildman–Crippen LogP) is 3.74. The number of nitrogens with one attached hydrogen (secondary N) is 1. The van der Waals surface area contributed by atoms with Crippen LogP contribution in [0, 0.1) is 13.8 Å². The molecule has 28 heavy (non-hydrogen) atoms. The topological polar surface area (TPSA) is 73.9 Å². The van der Waals surface area contributed by atoms with E-state index in [1.165, 1.54) is 11.8 Å². The molecule has 148 valence electrons. The van der Waals surface area contributed by atoms with Crippen LogP contribution >= 0.6 is 11.8 Å². The van der Waals surface area contributed by atoms with E-state index in [0.29, 0.717) is 24.7 Å². The van der Waals surface area contributed by atoms with Crippen molar-refractivity contribution in [3.63, 3.8) is 0 Å². The Morgan fingerprint density at radius 2 is 1.86 bits per heavy atom. The van der Waals surface area contributed by atoms with Crippen molar-refractivity contribution in [3.05, 3.63) is 47.5 Å². The third-order valence-corrected chi connectivity index (χ3v) is 5.17. The lowest BCUT2D eigenvalue weighted by Crippen LogP contribution is -2.30. The number of carbonyl (C=O) groups is 2. The maximum atomic E-state index is 12.3. The quantitative estimate of drug-likeness (QED) is 0.587. The largest absolute Gasteiger partial charge is 0.486 e. The van der Waals surface area contributed by atoms with Crippen molar-refractivity contribution < 1.29 is 23.8 Å². The average Bonchev–Trinajstić information content (AvgIpc) is 2.69. The number of ether oxygens (including phenoxy) is 3. The molecular weight excluding hydrogens is 378 g/mol. The Morgan fingerprint density at radius 1 is 1.11 bits per heavy atom. The summed E-state index contributed by atoms with van der Waals surface area (Å²) in [6, 6.07) is 11.3. The summed E-state index contributed by atoms with van der Waals surface area (Å²) in [7, 11) is 0. The Labute approximate surface area is 168 Å². The molecular formula is C21H23NO5S. The van der Waals surface area contributed by atoms with Gasteiger partial charge in [0.15, 0.2) is 17.6 Å². The van der Waals surface area contributed by atoms with Crippen LogP contribution in [-0.2, 0) is 14.3 Å². The molecule has 0 aromatic heterocycles. The zero-order valence-electron chi connectivity index (χ0n) is 16.1. The molecule has 0 spiro atoms. The molecule has 1 aliphatic rings. The zero-order chi connectivity index (χ0) is 20.1. The second-order valence-corrected chi connectivity index (χ2v) is 7.58. The molecule has 0 aliphatic carbocycles. The Morgan fingerprint density at radius 3 is 2.64 bits per heavy atom. The van der Waals surface area contributed by atoms with Gasteiger partial charge in [-0.15, -0.1) is 11.8 Å². The van der Waals surface area contributed by atoms with Gasteiger partial charge in [0, 0.05) is 10.6 Å². The predicted molar refractivity (Wildman–Crippen MR) is 108 cm³/mol. The molecule has 1 atom stereocenters. The van der Waals surface area contributed by atoms with E-state index in [0.717, 1.165) is 21.7 Å². The number of anilines is 1. The van der Waals surface area contributed by atoms with E-state index in [1.54, 1.807) is 6.92 Å². The zero-order valence-corrected chi connectivity index (χ0v) is 16.9. The lowest BCUT2D eigenvalue weighted by Gasteiger charge is -2.18. The first-order valence-electron chi connectivity index (χ1n) is 9.02. The number of esters is 1. The van der Waals surface area contributed by atoms with Gasteiger partial charge in [0.05, 0.1) is 5.75 Å². The molecule has 1 amide bonds. The van der Waals surface area contributed by atoms with Gasteiger partial charge in [0.2, 0.25) is 0 Å². The fourth-order valence-electron chi connectivity index (χ4n) is 2.65. The summed E-state index contributed by atoms with van der Waals surface area (Å²) < 4.78 is 16.3. The maximum absolute atomic E-state index is 12.3. The highest BCUT2D eigenvalue weighted by Crippen LogP contribution is 2.34. The van der Waals surface area contributed by atoms with Gasteiger partial charge in [-0.1, -0.05) is 12.1 Å². The van der Waals surface area contributed by atoms with Gasteiger partial charge in [0.25, 0.3) is 5.91 Å². The number of benzene rings is 2. The molecule has 3 rings (SSSR count). The second kappa shape index (κ2) is 9.01. The Kier molecular flexibility index (Phi) is 6.46. The second-order valence-electron chi connectivity index (χ2n) is 6.53. The van der Waals surface area contributed by atoms with Crippen molar-refractivity contribution >= 4 is 29.3 Å². The van der Waals surface area contributed by atoms with Crippen LogP contribution in [0.15, 0.2) is 41.3 Å². The van der Waals surface area contributed by atoms with E-state index in [4.69, 9.17) is 14.2 Å². The van der Waals surface area contributed by atoms with Crippen molar-refractivity contribution in [2.75, 3.05) is 24.3 Å². The fraction of sp³-hybridized carbons (Fsp3) is 0.333. The summed E-state index contributed by atoms with van der Waals surface area (Å²) in [5.41, 5.74) is 2.71. The normalized spacial score (nSPS) is 13.5. The first-order chi connectivity index (χ1) is 13.4. The minimum Gasteiger partial charge on any atom is -0.486 e. The molecule has 2 aromatic rings. The van der Waals surface area contributed by atoms with Gasteiger partial charge >= 0.3 is 5.97 Å². The highest BCUT2D eigenvalue weighted by Gasteiger charge is 2.19. The van der Waals surface area contributed by atoms with Gasteiger partial charge in [-0.05, 0) is 56.2 Å². The summed E-state index contributed by atoms with van der Waals surface area (Å²) in [5, 5.41) is 2.81. The van der Waals surface area contributed by atoms with Crippen LogP contribution in [-0.4, -0.2) is 36.9 Å². The summed E-state index contributed by atoms with van der Waals surface area (Å²) in [6.07, 6.45) is -0.881. The molecule has 0 bridgehead atoms. The van der Waals surface area contributed by atoms with Crippen LogP contribution in [0.2, 0.25) is 0 Å². The third kappa shape index (κ3) is 5.19. The number of amides is 1. The van der Waals surface area contributed by atoms with E-state index < -0.39 is 12.1 Å². The first-order valence-corrected chi connectivity index (χ1v) is 10.0. The van der Waals surface area contributed by atoms with Crippen LogP contribution in [0.3, 0.4) is 0 Å². The van der Waals surface area contributed by atoms with Crippen molar-refractivity contribution in [2.45, 2.75) is 31.8 Å². The number of fused-ring (bicyclic) bond motifs is 1. The number of hydrogen-bond donors (Lipinski definition) is 1. The van der Waals surface area contributed by atoms with Crippen molar-refractivity contribution in [3.8, 4) is 11.5 Å². The fourth-order valence-corrected chi connectivity index (χ4v) is 3.35. The minimum atomic E-state index is -0.881. The highest BCUT2D eigenvalue weighted by molar-refractivity contribution is 8.00. The summed E-state index contributed by atoms with van der Waals surface area (Å²) in [5.74, 6) is 0.663. The number of carbonyl (C=O) groups excluding carboxylic acids is 2. The lowest BCUT2D eigenvalue weighted by atomic mass is 10.1. The molecule has 0 radical (unpaired) electrons. The van der Waals surface area contributed by atoms with E-state index in [9.17, 15) is 9.59 Å². The molecule has 2 aromatic carbocycles. The molecule has 1 N–H and O–H groups in total. The van der Waals surface area contributed by atoms with Gasteiger partial charge in [-0.2, -0.15) is 0 Å². The third-order valence-electron chi connectivity index (χ3n) is 4.20. The van der Waals surface area contributed by atoms with Gasteiger partial charge in [-0.25, -0.2) is 0 Å². The van der Waals surface area contributed by atoms with E-state index in [2.05, 4.69) is 5.32 Å². The van der Waals surface area contributed by atoms with Crippen molar-refractivity contribution in [1.29, 1.82) is 0 Å². The molecule has 0 fully saturated rings. The van der Waals surface area contributed by atoms with Crippen LogP contribution in [0.25, 0.3) is 0 Å². The molecule has 1 heterocycles. The van der Waals surface area contributed by atoms with Crippen LogP contribution in [0.5, 0.6) is 11.5 Å². The van der Waals surface area contributed by atoms with Crippen LogP contribution in [0.4, 0.5) is 5.69 Å². The van der Waals surface area contributed by atoms with E-state index in [1.807, 2.05) is 50.2 Å². The van der Waals surface area contributed by atoms with Gasteiger partial charge in [-0.3, -0.25) is 9.59 Å². The lowest BCUT2D eigenvalue weighted by molar-refractivity contribution is -0.150. The number of rotatable bonds is 6. The molecule has 0 saturated heterocycles. The Hall–Kier alpha value is -2.67. The Bertz CT molecular complexity index is 883. The number of thioether (sulfide) groups is 1. The monoisotopic (exact) mass is 401 g/mol. The molecule has 0 saturated carbocycles. The van der Waals surface area contributed by atoms with Crippen molar-refractivity contribution in [1.82, 2.24) is 0 Å². The highest BCUT2D eigenvalue weighted by atomic mass is 32.2. The van der Waals surface area contributed by atoms with E-state index in [-0.39, 0.29) is 11.7 Å². The molecule has 1 aliphatic heterocycles. The Balaban J connectivity index is 1.50. The smallest absolute Gasteiger partial charge is 0.317 e. The standard InChI is InChI=1S/C21H23NO5S/c1-13-4-5-14(2)17(10-13)22-21(24)15(3)27-20(23)12-28-16-6-7-18-19(11-16)26-9-8-25-18/h4-7,10-11,15H,8-9,12H2,1-3H3,(H,22,24)/t15-/m0/s1. The molecule has 6 nitrogen and oxygen atoms in total. The molecule has 7 heteroatoms. The summed E-state index contributed by atoms with van der Waals surface area (Å²) in [4.78, 5) is 25.3. The number of hydrogen-bond acceptors (Lipinski definition) is 6. The van der Waals surface area contributed by atoms with Gasteiger partial charge < -0.3 is 19.5 Å². The van der Waals surface area contributed by atoms with Crippen LogP contribution in [0.1, 0.15) is 18.1 Å². The SMILES string of the molecule is Cc1ccc(C)c(NC(=O)[C@H](C)OC(=O)CSc2ccc3c(c2)OCCO3)c1. The van der Waals surface area contributed by atoms with Crippen LogP contribution < -0.4 is 14.8 Å². The summed E-state index contributed by atoms with van der Waals surface area (Å²) in [6.45, 7) is 6.47. The molecule has 0 unspecified atom stereocenters. The van der Waals surface area contributed by atoms with Crippen molar-refractivity contribution in [2.24, 2.45) is 0 Å². The van der Waals surface area contributed by atoms with Gasteiger partial charge in [0.1, 0.15) is 13.2 Å².